The number of hydrogen-bond donors (Lipinski definition) is 0. The fourth-order valence-electron chi connectivity index (χ4n) is 4.66. The van der Waals surface area contributed by atoms with Gasteiger partial charge in [0.2, 0.25) is 0 Å². The van der Waals surface area contributed by atoms with Gasteiger partial charge in [0.15, 0.2) is 0 Å². The molecule has 0 spiro atoms. The van der Waals surface area contributed by atoms with Crippen molar-refractivity contribution in [2.75, 3.05) is 0 Å². The maximum Gasteiger partial charge on any atom is 0.143 e. The van der Waals surface area contributed by atoms with E-state index >= 15 is 0 Å². The summed E-state index contributed by atoms with van der Waals surface area (Å²) in [4.78, 5) is 0. The van der Waals surface area contributed by atoms with Crippen molar-refractivity contribution in [3.05, 3.63) is 95.6 Å². The molecule has 1 aromatic heterocycles. The number of para-hydroxylation sites is 2. The van der Waals surface area contributed by atoms with Crippen molar-refractivity contribution >= 4 is 21.9 Å². The van der Waals surface area contributed by atoms with Gasteiger partial charge in [-0.15, -0.1) is 0 Å². The van der Waals surface area contributed by atoms with E-state index in [4.69, 9.17) is 4.42 Å². The molecule has 0 amide bonds. The Bertz CT molecular complexity index is 1350. The van der Waals surface area contributed by atoms with E-state index in [1.807, 2.05) is 12.1 Å². The highest BCUT2D eigenvalue weighted by Gasteiger charge is 2.22. The van der Waals surface area contributed by atoms with Gasteiger partial charge < -0.3 is 4.42 Å². The predicted molar refractivity (Wildman–Crippen MR) is 112 cm³/mol. The van der Waals surface area contributed by atoms with E-state index in [9.17, 15) is 0 Å². The van der Waals surface area contributed by atoms with Crippen LogP contribution in [0.15, 0.2) is 83.3 Å². The molecule has 4 aromatic carbocycles. The molecule has 6 rings (SSSR count). The Morgan fingerprint density at radius 2 is 1.41 bits per heavy atom. The minimum Gasteiger partial charge on any atom is -0.455 e. The SMILES string of the molecule is Cc1c(-c2cccc3c2oc2ccccc23)ccc2c1-c1ccccc1C2. The third-order valence-electron chi connectivity index (χ3n) is 5.91. The lowest BCUT2D eigenvalue weighted by atomic mass is 9.91. The van der Waals surface area contributed by atoms with E-state index in [0.29, 0.717) is 0 Å². The molecule has 1 heterocycles. The third-order valence-corrected chi connectivity index (χ3v) is 5.91. The van der Waals surface area contributed by atoms with E-state index in [1.165, 1.54) is 49.7 Å². The predicted octanol–water partition coefficient (Wildman–Crippen LogP) is 7.13. The van der Waals surface area contributed by atoms with Gasteiger partial charge in [-0.2, -0.15) is 0 Å². The first-order valence-corrected chi connectivity index (χ1v) is 9.42. The summed E-state index contributed by atoms with van der Waals surface area (Å²) >= 11 is 0. The molecule has 128 valence electrons. The lowest BCUT2D eigenvalue weighted by Gasteiger charge is -2.12. The summed E-state index contributed by atoms with van der Waals surface area (Å²) in [6.45, 7) is 2.25. The Hall–Kier alpha value is -3.32. The van der Waals surface area contributed by atoms with Crippen LogP contribution in [-0.4, -0.2) is 0 Å². The molecule has 27 heavy (non-hydrogen) atoms. The van der Waals surface area contributed by atoms with Gasteiger partial charge in [-0.25, -0.2) is 0 Å². The highest BCUT2D eigenvalue weighted by molar-refractivity contribution is 6.10. The van der Waals surface area contributed by atoms with Crippen LogP contribution in [0.3, 0.4) is 0 Å². The Morgan fingerprint density at radius 1 is 0.630 bits per heavy atom. The largest absolute Gasteiger partial charge is 0.455 e. The molecule has 0 bridgehead atoms. The van der Waals surface area contributed by atoms with Crippen LogP contribution >= 0.6 is 0 Å². The van der Waals surface area contributed by atoms with Gasteiger partial charge in [0.25, 0.3) is 0 Å². The Labute approximate surface area is 157 Å². The molecular formula is C26H18O. The standard InChI is InChI=1S/C26H18O/c1-16-19(14-13-18-15-17-7-2-3-8-20(17)25(16)18)22-10-6-11-23-21-9-4-5-12-24(21)27-26(22)23/h2-14H,15H2,1H3. The quantitative estimate of drug-likeness (QED) is 0.308. The smallest absolute Gasteiger partial charge is 0.143 e. The number of rotatable bonds is 1. The average Bonchev–Trinajstić information content (AvgIpc) is 3.27. The van der Waals surface area contributed by atoms with E-state index in [2.05, 4.69) is 73.7 Å². The van der Waals surface area contributed by atoms with E-state index < -0.39 is 0 Å². The number of fused-ring (bicyclic) bond motifs is 6. The Morgan fingerprint density at radius 3 is 2.37 bits per heavy atom. The summed E-state index contributed by atoms with van der Waals surface area (Å²) < 4.78 is 6.28. The number of benzene rings is 4. The maximum absolute atomic E-state index is 6.28. The Balaban J connectivity index is 1.66. The molecule has 0 saturated carbocycles. The molecule has 0 N–H and O–H groups in total. The first kappa shape index (κ1) is 14.8. The summed E-state index contributed by atoms with van der Waals surface area (Å²) in [5.74, 6) is 0. The van der Waals surface area contributed by atoms with Crippen LogP contribution in [0.5, 0.6) is 0 Å². The molecule has 0 atom stereocenters. The van der Waals surface area contributed by atoms with Gasteiger partial charge in [0.05, 0.1) is 0 Å². The lowest BCUT2D eigenvalue weighted by Crippen LogP contribution is -1.90. The van der Waals surface area contributed by atoms with Gasteiger partial charge in [-0.3, -0.25) is 0 Å². The van der Waals surface area contributed by atoms with Crippen LogP contribution in [0.4, 0.5) is 0 Å². The van der Waals surface area contributed by atoms with Gasteiger partial charge in [0, 0.05) is 16.3 Å². The summed E-state index contributed by atoms with van der Waals surface area (Å²) in [7, 11) is 0. The first-order valence-electron chi connectivity index (χ1n) is 9.42. The van der Waals surface area contributed by atoms with Crippen molar-refractivity contribution in [1.29, 1.82) is 0 Å². The molecule has 0 saturated heterocycles. The molecule has 0 aliphatic heterocycles. The summed E-state index contributed by atoms with van der Waals surface area (Å²) in [6, 6.07) is 28.1. The van der Waals surface area contributed by atoms with Gasteiger partial charge >= 0.3 is 0 Å². The molecule has 1 aliphatic carbocycles. The second-order valence-electron chi connectivity index (χ2n) is 7.39. The van der Waals surface area contributed by atoms with Crippen molar-refractivity contribution < 1.29 is 4.42 Å². The van der Waals surface area contributed by atoms with E-state index in [1.54, 1.807) is 0 Å². The van der Waals surface area contributed by atoms with Crippen molar-refractivity contribution in [2.24, 2.45) is 0 Å². The maximum atomic E-state index is 6.28. The third kappa shape index (κ3) is 2.00. The zero-order valence-corrected chi connectivity index (χ0v) is 15.1. The minimum atomic E-state index is 0.948. The van der Waals surface area contributed by atoms with Crippen molar-refractivity contribution in [3.63, 3.8) is 0 Å². The van der Waals surface area contributed by atoms with Crippen molar-refractivity contribution in [3.8, 4) is 22.3 Å². The fourth-order valence-corrected chi connectivity index (χ4v) is 4.66. The second kappa shape index (κ2) is 5.34. The lowest BCUT2D eigenvalue weighted by molar-refractivity contribution is 0.670. The zero-order chi connectivity index (χ0) is 18.0. The Kier molecular flexibility index (Phi) is 2.93. The van der Waals surface area contributed by atoms with Gasteiger partial charge in [0.1, 0.15) is 11.2 Å². The fraction of sp³-hybridized carbons (Fsp3) is 0.0769. The molecule has 1 heteroatoms. The van der Waals surface area contributed by atoms with E-state index in [0.717, 1.165) is 17.6 Å². The summed E-state index contributed by atoms with van der Waals surface area (Å²) in [5.41, 5.74) is 11.3. The normalized spacial score (nSPS) is 12.5. The molecule has 0 fully saturated rings. The molecule has 1 nitrogen and oxygen atoms in total. The first-order chi connectivity index (χ1) is 13.3. The van der Waals surface area contributed by atoms with Crippen LogP contribution < -0.4 is 0 Å². The molecule has 0 radical (unpaired) electrons. The summed E-state index contributed by atoms with van der Waals surface area (Å²) in [6.07, 6.45) is 1.03. The van der Waals surface area contributed by atoms with Crippen LogP contribution in [0.2, 0.25) is 0 Å². The topological polar surface area (TPSA) is 13.1 Å². The monoisotopic (exact) mass is 346 g/mol. The second-order valence-corrected chi connectivity index (χ2v) is 7.39. The highest BCUT2D eigenvalue weighted by atomic mass is 16.3. The molecule has 1 aliphatic rings. The molecule has 5 aromatic rings. The average molecular weight is 346 g/mol. The van der Waals surface area contributed by atoms with Crippen LogP contribution in [0.1, 0.15) is 16.7 Å². The van der Waals surface area contributed by atoms with Crippen LogP contribution in [0, 0.1) is 6.92 Å². The van der Waals surface area contributed by atoms with Crippen molar-refractivity contribution in [1.82, 2.24) is 0 Å². The van der Waals surface area contributed by atoms with Gasteiger partial charge in [-0.05, 0) is 52.8 Å². The highest BCUT2D eigenvalue weighted by Crippen LogP contribution is 2.44. The van der Waals surface area contributed by atoms with Gasteiger partial charge in [-0.1, -0.05) is 72.8 Å². The number of hydrogen-bond acceptors (Lipinski definition) is 1. The van der Waals surface area contributed by atoms with Crippen LogP contribution in [-0.2, 0) is 6.42 Å². The minimum absolute atomic E-state index is 0.948. The number of furan rings is 1. The van der Waals surface area contributed by atoms with E-state index in [-0.39, 0.29) is 0 Å². The zero-order valence-electron chi connectivity index (χ0n) is 15.1. The molecular weight excluding hydrogens is 328 g/mol. The molecule has 0 unspecified atom stereocenters. The summed E-state index contributed by atoms with van der Waals surface area (Å²) in [5, 5.41) is 2.36. The van der Waals surface area contributed by atoms with Crippen molar-refractivity contribution in [2.45, 2.75) is 13.3 Å². The van der Waals surface area contributed by atoms with Crippen LogP contribution in [0.25, 0.3) is 44.2 Å².